The van der Waals surface area contributed by atoms with E-state index in [2.05, 4.69) is 20.7 Å². The second-order valence-electron chi connectivity index (χ2n) is 6.60. The maximum Gasteiger partial charge on any atom is 0.265 e. The second kappa shape index (κ2) is 8.71. The van der Waals surface area contributed by atoms with Crippen molar-refractivity contribution in [2.75, 3.05) is 5.32 Å². The average molecular weight is 417 g/mol. The first kappa shape index (κ1) is 19.5. The van der Waals surface area contributed by atoms with Gasteiger partial charge >= 0.3 is 0 Å². The van der Waals surface area contributed by atoms with Crippen molar-refractivity contribution in [2.45, 2.75) is 13.0 Å². The SMILES string of the molecule is CC(NC(=O)c1ccccc1NC(=O)c1cccs1)c1ccc(-n2cncn2)cc1. The molecule has 2 amide bonds. The van der Waals surface area contributed by atoms with E-state index in [1.54, 1.807) is 41.3 Å². The van der Waals surface area contributed by atoms with E-state index in [1.165, 1.54) is 17.7 Å². The summed E-state index contributed by atoms with van der Waals surface area (Å²) in [5.41, 5.74) is 2.72. The molecule has 7 nitrogen and oxygen atoms in total. The number of carbonyl (C=O) groups is 2. The number of anilines is 1. The van der Waals surface area contributed by atoms with Gasteiger partial charge in [0.15, 0.2) is 0 Å². The number of hydrogen-bond acceptors (Lipinski definition) is 5. The fraction of sp³-hybridized carbons (Fsp3) is 0.0909. The van der Waals surface area contributed by atoms with Gasteiger partial charge in [-0.3, -0.25) is 9.59 Å². The standard InChI is InChI=1S/C22H19N5O2S/c1-15(16-8-10-17(11-9-16)27-14-23-13-24-27)25-21(28)18-5-2-3-6-19(18)26-22(29)20-7-4-12-30-20/h2-15H,1H3,(H,25,28)(H,26,29). The molecule has 0 aliphatic carbocycles. The molecule has 0 radical (unpaired) electrons. The van der Waals surface area contributed by atoms with Crippen molar-refractivity contribution in [3.8, 4) is 5.69 Å². The van der Waals surface area contributed by atoms with Crippen molar-refractivity contribution in [3.05, 3.63) is 94.7 Å². The van der Waals surface area contributed by atoms with E-state index in [0.717, 1.165) is 11.3 Å². The summed E-state index contributed by atoms with van der Waals surface area (Å²) in [6.45, 7) is 1.91. The molecule has 0 saturated heterocycles. The van der Waals surface area contributed by atoms with E-state index >= 15 is 0 Å². The Morgan fingerprint density at radius 2 is 1.80 bits per heavy atom. The highest BCUT2D eigenvalue weighted by Gasteiger charge is 2.17. The van der Waals surface area contributed by atoms with E-state index in [4.69, 9.17) is 0 Å². The van der Waals surface area contributed by atoms with Crippen LogP contribution >= 0.6 is 11.3 Å². The zero-order valence-electron chi connectivity index (χ0n) is 16.1. The van der Waals surface area contributed by atoms with E-state index in [1.807, 2.05) is 42.6 Å². The van der Waals surface area contributed by atoms with E-state index in [9.17, 15) is 9.59 Å². The van der Waals surface area contributed by atoms with Gasteiger partial charge < -0.3 is 10.6 Å². The van der Waals surface area contributed by atoms with Crippen LogP contribution in [0, 0.1) is 0 Å². The lowest BCUT2D eigenvalue weighted by Crippen LogP contribution is -2.28. The maximum absolute atomic E-state index is 12.9. The van der Waals surface area contributed by atoms with E-state index in [-0.39, 0.29) is 17.9 Å². The van der Waals surface area contributed by atoms with Gasteiger partial charge in [0.25, 0.3) is 11.8 Å². The number of carbonyl (C=O) groups excluding carboxylic acids is 2. The summed E-state index contributed by atoms with van der Waals surface area (Å²) in [5, 5.41) is 11.8. The summed E-state index contributed by atoms with van der Waals surface area (Å²) >= 11 is 1.35. The van der Waals surface area contributed by atoms with Gasteiger partial charge in [-0.15, -0.1) is 11.3 Å². The summed E-state index contributed by atoms with van der Waals surface area (Å²) < 4.78 is 1.67. The molecule has 0 spiro atoms. The van der Waals surface area contributed by atoms with E-state index in [0.29, 0.717) is 16.1 Å². The van der Waals surface area contributed by atoms with Crippen molar-refractivity contribution >= 4 is 28.8 Å². The van der Waals surface area contributed by atoms with Crippen LogP contribution in [0.3, 0.4) is 0 Å². The maximum atomic E-state index is 12.9. The van der Waals surface area contributed by atoms with Crippen molar-refractivity contribution in [2.24, 2.45) is 0 Å². The van der Waals surface area contributed by atoms with Crippen LogP contribution in [0.15, 0.2) is 78.7 Å². The number of hydrogen-bond donors (Lipinski definition) is 2. The summed E-state index contributed by atoms with van der Waals surface area (Å²) in [6.07, 6.45) is 3.10. The fourth-order valence-corrected chi connectivity index (χ4v) is 3.62. The third kappa shape index (κ3) is 4.28. The molecule has 30 heavy (non-hydrogen) atoms. The van der Waals surface area contributed by atoms with Gasteiger partial charge in [-0.05, 0) is 48.2 Å². The monoisotopic (exact) mass is 417 g/mol. The minimum Gasteiger partial charge on any atom is -0.345 e. The normalized spacial score (nSPS) is 11.6. The molecular formula is C22H19N5O2S. The van der Waals surface area contributed by atoms with Crippen LogP contribution in [0.5, 0.6) is 0 Å². The van der Waals surface area contributed by atoms with Crippen molar-refractivity contribution < 1.29 is 9.59 Å². The molecule has 2 aromatic heterocycles. The van der Waals surface area contributed by atoms with Crippen LogP contribution in [0.1, 0.15) is 38.6 Å². The van der Waals surface area contributed by atoms with Gasteiger partial charge in [0.2, 0.25) is 0 Å². The molecule has 0 bridgehead atoms. The molecule has 1 atom stereocenters. The van der Waals surface area contributed by atoms with Crippen molar-refractivity contribution in [1.29, 1.82) is 0 Å². The van der Waals surface area contributed by atoms with Gasteiger partial charge in [-0.1, -0.05) is 30.3 Å². The van der Waals surface area contributed by atoms with Crippen molar-refractivity contribution in [1.82, 2.24) is 20.1 Å². The number of benzene rings is 2. The first-order chi connectivity index (χ1) is 14.6. The Bertz CT molecular complexity index is 1140. The van der Waals surface area contributed by atoms with Gasteiger partial charge in [0, 0.05) is 0 Å². The largest absolute Gasteiger partial charge is 0.345 e. The molecule has 0 fully saturated rings. The van der Waals surface area contributed by atoms with Gasteiger partial charge in [0.1, 0.15) is 12.7 Å². The number of amides is 2. The number of para-hydroxylation sites is 1. The molecule has 2 N–H and O–H groups in total. The van der Waals surface area contributed by atoms with Crippen LogP contribution in [0.4, 0.5) is 5.69 Å². The van der Waals surface area contributed by atoms with Gasteiger partial charge in [-0.25, -0.2) is 9.67 Å². The highest BCUT2D eigenvalue weighted by Crippen LogP contribution is 2.20. The zero-order valence-corrected chi connectivity index (χ0v) is 17.0. The Morgan fingerprint density at radius 3 is 2.50 bits per heavy atom. The van der Waals surface area contributed by atoms with Crippen molar-refractivity contribution in [3.63, 3.8) is 0 Å². The number of nitrogens with zero attached hydrogens (tertiary/aromatic N) is 3. The Labute approximate surface area is 177 Å². The summed E-state index contributed by atoms with van der Waals surface area (Å²) in [6, 6.07) is 18.0. The number of nitrogens with one attached hydrogen (secondary N) is 2. The lowest BCUT2D eigenvalue weighted by Gasteiger charge is -2.17. The Balaban J connectivity index is 1.46. The first-order valence-corrected chi connectivity index (χ1v) is 10.2. The zero-order chi connectivity index (χ0) is 20.9. The molecule has 4 aromatic rings. The molecular weight excluding hydrogens is 398 g/mol. The lowest BCUT2D eigenvalue weighted by atomic mass is 10.1. The summed E-state index contributed by atoms with van der Waals surface area (Å²) in [4.78, 5) is 29.8. The summed E-state index contributed by atoms with van der Waals surface area (Å²) in [7, 11) is 0. The van der Waals surface area contributed by atoms with Crippen LogP contribution in [-0.4, -0.2) is 26.6 Å². The lowest BCUT2D eigenvalue weighted by molar-refractivity contribution is 0.0941. The van der Waals surface area contributed by atoms with Crippen LogP contribution in [0.25, 0.3) is 5.69 Å². The number of aromatic nitrogens is 3. The molecule has 0 aliphatic rings. The second-order valence-corrected chi connectivity index (χ2v) is 7.55. The highest BCUT2D eigenvalue weighted by atomic mass is 32.1. The van der Waals surface area contributed by atoms with Gasteiger partial charge in [0.05, 0.1) is 27.9 Å². The average Bonchev–Trinajstić information content (AvgIpc) is 3.48. The van der Waals surface area contributed by atoms with E-state index < -0.39 is 0 Å². The number of rotatable bonds is 6. The Kier molecular flexibility index (Phi) is 5.67. The minimum absolute atomic E-state index is 0.219. The Hall–Kier alpha value is -3.78. The molecule has 150 valence electrons. The van der Waals surface area contributed by atoms with Crippen LogP contribution in [-0.2, 0) is 0 Å². The van der Waals surface area contributed by atoms with Crippen LogP contribution in [0.2, 0.25) is 0 Å². The molecule has 4 rings (SSSR count). The number of thiophene rings is 1. The fourth-order valence-electron chi connectivity index (χ4n) is 3.00. The molecule has 2 aromatic carbocycles. The van der Waals surface area contributed by atoms with Gasteiger partial charge in [-0.2, -0.15) is 5.10 Å². The minimum atomic E-state index is -0.259. The smallest absolute Gasteiger partial charge is 0.265 e. The quantitative estimate of drug-likeness (QED) is 0.495. The predicted octanol–water partition coefficient (Wildman–Crippen LogP) is 4.07. The third-order valence-electron chi connectivity index (χ3n) is 4.59. The first-order valence-electron chi connectivity index (χ1n) is 9.31. The topological polar surface area (TPSA) is 88.9 Å². The van der Waals surface area contributed by atoms with Crippen LogP contribution < -0.4 is 10.6 Å². The molecule has 0 saturated carbocycles. The molecule has 1 unspecified atom stereocenters. The molecule has 2 heterocycles. The molecule has 0 aliphatic heterocycles. The predicted molar refractivity (Wildman–Crippen MR) is 116 cm³/mol. The summed E-state index contributed by atoms with van der Waals surface area (Å²) in [5.74, 6) is -0.494. The molecule has 8 heteroatoms. The Morgan fingerprint density at radius 1 is 1.00 bits per heavy atom. The third-order valence-corrected chi connectivity index (χ3v) is 5.46. The highest BCUT2D eigenvalue weighted by molar-refractivity contribution is 7.12.